The Morgan fingerprint density at radius 2 is 1.59 bits per heavy atom. The van der Waals surface area contributed by atoms with Gasteiger partial charge in [0, 0.05) is 0 Å². The van der Waals surface area contributed by atoms with E-state index < -0.39 is 10.3 Å². The zero-order chi connectivity index (χ0) is 16.0. The predicted octanol–water partition coefficient (Wildman–Crippen LogP) is 2.80. The van der Waals surface area contributed by atoms with Crippen LogP contribution in [0.15, 0.2) is 59.8 Å². The number of hydrogen-bond donors (Lipinski definition) is 1. The third-order valence-corrected chi connectivity index (χ3v) is 4.06. The number of nitrogens with zero attached hydrogens (tertiary/aromatic N) is 2. The molecular weight excluding hydrogens is 304 g/mol. The summed E-state index contributed by atoms with van der Waals surface area (Å²) in [5, 5.41) is 2.79. The maximum absolute atomic E-state index is 11.6. The number of rotatable bonds is 7. The normalized spacial score (nSPS) is 11.1. The van der Waals surface area contributed by atoms with E-state index >= 15 is 0 Å². The zero-order valence-corrected chi connectivity index (χ0v) is 12.6. The summed E-state index contributed by atoms with van der Waals surface area (Å²) in [4.78, 5) is 10.1. The molecule has 0 fully saturated rings. The van der Waals surface area contributed by atoms with E-state index in [-0.39, 0.29) is 13.1 Å². The zero-order valence-electron chi connectivity index (χ0n) is 11.8. The lowest BCUT2D eigenvalue weighted by Gasteiger charge is -2.21. The third kappa shape index (κ3) is 4.37. The van der Waals surface area contributed by atoms with Gasteiger partial charge in [0.25, 0.3) is 0 Å². The summed E-state index contributed by atoms with van der Waals surface area (Å²) in [6.45, 7) is 0.209. The van der Waals surface area contributed by atoms with Gasteiger partial charge in [0.1, 0.15) is 0 Å². The molecule has 2 aromatic rings. The molecule has 0 spiro atoms. The first kappa shape index (κ1) is 16.1. The largest absolute Gasteiger partial charge is 0.360 e. The minimum atomic E-state index is -4.38. The summed E-state index contributed by atoms with van der Waals surface area (Å²) >= 11 is 0. The van der Waals surface area contributed by atoms with Crippen molar-refractivity contribution < 1.29 is 13.0 Å². The van der Waals surface area contributed by atoms with Gasteiger partial charge in [-0.15, -0.1) is 0 Å². The molecule has 22 heavy (non-hydrogen) atoms. The molecule has 2 rings (SSSR count). The standard InChI is InChI=1S/C15H16N2O4S/c18-16-11-10-13-6-8-15(9-7-13)17(22(19,20)21)12-14-4-2-1-3-5-14/h1-9H,10-12H2,(H,19,20,21). The second-order valence-corrected chi connectivity index (χ2v) is 6.08. The fourth-order valence-electron chi connectivity index (χ4n) is 2.06. The first-order valence-corrected chi connectivity index (χ1v) is 8.07. The van der Waals surface area contributed by atoms with E-state index in [1.165, 1.54) is 0 Å². The van der Waals surface area contributed by atoms with Gasteiger partial charge in [-0.1, -0.05) is 47.6 Å². The molecule has 0 saturated heterocycles. The monoisotopic (exact) mass is 320 g/mol. The van der Waals surface area contributed by atoms with Crippen molar-refractivity contribution in [3.63, 3.8) is 0 Å². The van der Waals surface area contributed by atoms with Gasteiger partial charge in [0.15, 0.2) is 0 Å². The number of hydrogen-bond acceptors (Lipinski definition) is 4. The van der Waals surface area contributed by atoms with Crippen LogP contribution in [0.25, 0.3) is 0 Å². The van der Waals surface area contributed by atoms with Crippen LogP contribution in [0.4, 0.5) is 5.69 Å². The molecule has 116 valence electrons. The molecule has 6 nitrogen and oxygen atoms in total. The summed E-state index contributed by atoms with van der Waals surface area (Å²) in [6, 6.07) is 15.6. The molecule has 0 unspecified atom stereocenters. The number of nitroso groups, excluding NO2 is 1. The highest BCUT2D eigenvalue weighted by Gasteiger charge is 2.19. The van der Waals surface area contributed by atoms with Gasteiger partial charge in [0.2, 0.25) is 0 Å². The van der Waals surface area contributed by atoms with Crippen LogP contribution in [0.3, 0.4) is 0 Å². The van der Waals surface area contributed by atoms with Gasteiger partial charge in [-0.05, 0) is 29.7 Å². The Bertz CT molecular complexity index is 715. The lowest BCUT2D eigenvalue weighted by Crippen LogP contribution is -2.29. The van der Waals surface area contributed by atoms with Gasteiger partial charge in [0.05, 0.1) is 18.8 Å². The molecule has 0 amide bonds. The van der Waals surface area contributed by atoms with E-state index in [1.54, 1.807) is 48.5 Å². The summed E-state index contributed by atoms with van der Waals surface area (Å²) in [5.41, 5.74) is 1.99. The van der Waals surface area contributed by atoms with Crippen LogP contribution in [0.1, 0.15) is 11.1 Å². The summed E-state index contributed by atoms with van der Waals surface area (Å²) in [5.74, 6) is 0. The Balaban J connectivity index is 2.24. The Labute approximate surface area is 129 Å². The van der Waals surface area contributed by atoms with E-state index in [1.807, 2.05) is 6.07 Å². The molecule has 0 aromatic heterocycles. The maximum atomic E-state index is 11.6. The van der Waals surface area contributed by atoms with Crippen LogP contribution in [-0.4, -0.2) is 19.5 Å². The van der Waals surface area contributed by atoms with Gasteiger partial charge in [-0.2, -0.15) is 13.3 Å². The highest BCUT2D eigenvalue weighted by atomic mass is 32.2. The fourth-order valence-corrected chi connectivity index (χ4v) is 2.76. The van der Waals surface area contributed by atoms with Crippen LogP contribution < -0.4 is 4.31 Å². The molecule has 2 aromatic carbocycles. The van der Waals surface area contributed by atoms with Gasteiger partial charge in [-0.3, -0.25) is 4.55 Å². The smallest absolute Gasteiger partial charge is 0.269 e. The number of benzene rings is 2. The van der Waals surface area contributed by atoms with Crippen LogP contribution in [0, 0.1) is 4.91 Å². The molecule has 1 N–H and O–H groups in total. The van der Waals surface area contributed by atoms with Crippen molar-refractivity contribution in [3.8, 4) is 0 Å². The average molecular weight is 320 g/mol. The average Bonchev–Trinajstić information content (AvgIpc) is 2.51. The van der Waals surface area contributed by atoms with Gasteiger partial charge < -0.3 is 0 Å². The minimum Gasteiger partial charge on any atom is -0.269 e. The fraction of sp³-hybridized carbons (Fsp3) is 0.200. The highest BCUT2D eigenvalue weighted by Crippen LogP contribution is 2.21. The van der Waals surface area contributed by atoms with Crippen LogP contribution in [-0.2, 0) is 23.3 Å². The predicted molar refractivity (Wildman–Crippen MR) is 85.0 cm³/mol. The van der Waals surface area contributed by atoms with Crippen molar-refractivity contribution in [2.45, 2.75) is 13.0 Å². The van der Waals surface area contributed by atoms with Crippen molar-refractivity contribution in [2.24, 2.45) is 5.18 Å². The van der Waals surface area contributed by atoms with E-state index in [9.17, 15) is 17.9 Å². The van der Waals surface area contributed by atoms with Gasteiger partial charge in [-0.25, -0.2) is 4.31 Å². The lowest BCUT2D eigenvalue weighted by molar-refractivity contribution is 0.477. The van der Waals surface area contributed by atoms with Crippen LogP contribution in [0.5, 0.6) is 0 Å². The van der Waals surface area contributed by atoms with Crippen molar-refractivity contribution in [1.82, 2.24) is 0 Å². The molecule has 0 saturated carbocycles. The van der Waals surface area contributed by atoms with E-state index in [4.69, 9.17) is 0 Å². The number of anilines is 1. The van der Waals surface area contributed by atoms with Crippen molar-refractivity contribution in [3.05, 3.63) is 70.6 Å². The molecule has 0 atom stereocenters. The van der Waals surface area contributed by atoms with Crippen LogP contribution in [0.2, 0.25) is 0 Å². The molecule has 0 aliphatic heterocycles. The molecule has 7 heteroatoms. The Hall–Kier alpha value is -2.25. The van der Waals surface area contributed by atoms with Crippen LogP contribution >= 0.6 is 0 Å². The molecule has 0 aliphatic carbocycles. The van der Waals surface area contributed by atoms with Crippen molar-refractivity contribution in [1.29, 1.82) is 0 Å². The topological polar surface area (TPSA) is 87.0 Å². The second-order valence-electron chi connectivity index (χ2n) is 4.74. The Morgan fingerprint density at radius 3 is 2.14 bits per heavy atom. The first-order chi connectivity index (χ1) is 10.5. The summed E-state index contributed by atoms with van der Waals surface area (Å²) < 4.78 is 33.6. The van der Waals surface area contributed by atoms with Crippen molar-refractivity contribution in [2.75, 3.05) is 10.8 Å². The molecule has 0 aliphatic rings. The van der Waals surface area contributed by atoms with E-state index in [2.05, 4.69) is 5.18 Å². The third-order valence-electron chi connectivity index (χ3n) is 3.16. The SMILES string of the molecule is O=NCCc1ccc(N(Cc2ccccc2)S(=O)(=O)O)cc1. The molecule has 0 radical (unpaired) electrons. The molecule has 0 heterocycles. The van der Waals surface area contributed by atoms with Gasteiger partial charge >= 0.3 is 10.3 Å². The lowest BCUT2D eigenvalue weighted by atomic mass is 10.1. The second kappa shape index (κ2) is 7.15. The first-order valence-electron chi connectivity index (χ1n) is 6.68. The quantitative estimate of drug-likeness (QED) is 0.627. The van der Waals surface area contributed by atoms with E-state index in [0.717, 1.165) is 15.4 Å². The summed E-state index contributed by atoms with van der Waals surface area (Å²) in [6.07, 6.45) is 0.494. The molecular formula is C15H16N2O4S. The molecule has 0 bridgehead atoms. The summed E-state index contributed by atoms with van der Waals surface area (Å²) in [7, 11) is -4.38. The minimum absolute atomic E-state index is 0.0366. The Morgan fingerprint density at radius 1 is 0.955 bits per heavy atom. The van der Waals surface area contributed by atoms with Crippen molar-refractivity contribution >= 4 is 16.0 Å². The highest BCUT2D eigenvalue weighted by molar-refractivity contribution is 7.87. The Kier molecular flexibility index (Phi) is 5.24. The maximum Gasteiger partial charge on any atom is 0.360 e. The van der Waals surface area contributed by atoms with E-state index in [0.29, 0.717) is 12.1 Å².